The van der Waals surface area contributed by atoms with Crippen molar-refractivity contribution in [1.82, 2.24) is 0 Å². The number of aryl methyl sites for hydroxylation is 2. The standard InChI is InChI=1S/C21H19NO3/c1-24-18-11-9-15(12-19(18)25-2)21(23)22-17-10-8-14-7-6-13-4-3-5-16(17)20(13)14/h3-5,8-12H,6-7H2,1-2H3,(H,22,23). The zero-order valence-electron chi connectivity index (χ0n) is 14.3. The van der Waals surface area contributed by atoms with Gasteiger partial charge in [0.2, 0.25) is 0 Å². The van der Waals surface area contributed by atoms with Gasteiger partial charge < -0.3 is 14.8 Å². The molecule has 0 aromatic heterocycles. The fourth-order valence-corrected chi connectivity index (χ4v) is 3.53. The second kappa shape index (κ2) is 6.13. The third kappa shape index (κ3) is 2.60. The quantitative estimate of drug-likeness (QED) is 0.778. The highest BCUT2D eigenvalue weighted by Gasteiger charge is 2.17. The minimum Gasteiger partial charge on any atom is -0.493 e. The van der Waals surface area contributed by atoms with E-state index in [0.717, 1.165) is 23.9 Å². The van der Waals surface area contributed by atoms with Crippen LogP contribution >= 0.6 is 0 Å². The molecule has 3 aromatic carbocycles. The van der Waals surface area contributed by atoms with Crippen molar-refractivity contribution in [3.8, 4) is 11.5 Å². The third-order valence-electron chi connectivity index (χ3n) is 4.77. The summed E-state index contributed by atoms with van der Waals surface area (Å²) in [5.41, 5.74) is 4.08. The number of hydrogen-bond acceptors (Lipinski definition) is 3. The van der Waals surface area contributed by atoms with Gasteiger partial charge >= 0.3 is 0 Å². The summed E-state index contributed by atoms with van der Waals surface area (Å²) in [6.07, 6.45) is 2.14. The number of methoxy groups -OCH3 is 2. The van der Waals surface area contributed by atoms with Crippen LogP contribution in [0.3, 0.4) is 0 Å². The zero-order chi connectivity index (χ0) is 17.4. The van der Waals surface area contributed by atoms with Crippen molar-refractivity contribution in [2.45, 2.75) is 12.8 Å². The largest absolute Gasteiger partial charge is 0.493 e. The molecule has 0 spiro atoms. The van der Waals surface area contributed by atoms with Gasteiger partial charge in [-0.3, -0.25) is 4.79 Å². The lowest BCUT2D eigenvalue weighted by Crippen LogP contribution is -2.12. The maximum Gasteiger partial charge on any atom is 0.255 e. The van der Waals surface area contributed by atoms with Crippen LogP contribution in [-0.2, 0) is 12.8 Å². The molecule has 25 heavy (non-hydrogen) atoms. The van der Waals surface area contributed by atoms with Gasteiger partial charge in [0.25, 0.3) is 5.91 Å². The number of anilines is 1. The Morgan fingerprint density at radius 1 is 0.920 bits per heavy atom. The molecule has 0 saturated carbocycles. The van der Waals surface area contributed by atoms with Crippen molar-refractivity contribution in [2.75, 3.05) is 19.5 Å². The molecular formula is C21H19NO3. The predicted octanol–water partition coefficient (Wildman–Crippen LogP) is 4.21. The number of carbonyl (C=O) groups is 1. The summed E-state index contributed by atoms with van der Waals surface area (Å²) in [5.74, 6) is 0.972. The molecule has 0 atom stereocenters. The summed E-state index contributed by atoms with van der Waals surface area (Å²) in [6.45, 7) is 0. The van der Waals surface area contributed by atoms with Crippen LogP contribution in [0, 0.1) is 0 Å². The lowest BCUT2D eigenvalue weighted by molar-refractivity contribution is 0.102. The number of nitrogens with one attached hydrogen (secondary N) is 1. The van der Waals surface area contributed by atoms with Crippen LogP contribution in [0.2, 0.25) is 0 Å². The Morgan fingerprint density at radius 2 is 1.68 bits per heavy atom. The van der Waals surface area contributed by atoms with E-state index in [0.29, 0.717) is 17.1 Å². The number of rotatable bonds is 4. The summed E-state index contributed by atoms with van der Waals surface area (Å²) in [6, 6.07) is 15.6. The van der Waals surface area contributed by atoms with Crippen LogP contribution < -0.4 is 14.8 Å². The first kappa shape index (κ1) is 15.5. The molecule has 4 rings (SSSR count). The van der Waals surface area contributed by atoms with Crippen LogP contribution in [0.1, 0.15) is 21.5 Å². The highest BCUT2D eigenvalue weighted by Crippen LogP contribution is 2.35. The summed E-state index contributed by atoms with van der Waals surface area (Å²) >= 11 is 0. The molecule has 0 saturated heterocycles. The summed E-state index contributed by atoms with van der Waals surface area (Å²) < 4.78 is 10.5. The Morgan fingerprint density at radius 3 is 2.44 bits per heavy atom. The molecule has 1 amide bonds. The molecule has 126 valence electrons. The van der Waals surface area contributed by atoms with Crippen LogP contribution in [-0.4, -0.2) is 20.1 Å². The van der Waals surface area contributed by atoms with E-state index in [-0.39, 0.29) is 5.91 Å². The Balaban J connectivity index is 1.69. The first-order valence-corrected chi connectivity index (χ1v) is 8.28. The Kier molecular flexibility index (Phi) is 3.80. The second-order valence-corrected chi connectivity index (χ2v) is 6.14. The Labute approximate surface area is 146 Å². The first-order chi connectivity index (χ1) is 12.2. The van der Waals surface area contributed by atoms with Crippen molar-refractivity contribution in [2.24, 2.45) is 0 Å². The second-order valence-electron chi connectivity index (χ2n) is 6.14. The molecule has 4 heteroatoms. The van der Waals surface area contributed by atoms with Crippen molar-refractivity contribution in [1.29, 1.82) is 0 Å². The van der Waals surface area contributed by atoms with E-state index in [1.54, 1.807) is 32.4 Å². The van der Waals surface area contributed by atoms with Crippen molar-refractivity contribution >= 4 is 22.4 Å². The van der Waals surface area contributed by atoms with Gasteiger partial charge in [-0.25, -0.2) is 0 Å². The Bertz CT molecular complexity index is 968. The molecular weight excluding hydrogens is 314 g/mol. The van der Waals surface area contributed by atoms with E-state index in [1.807, 2.05) is 6.07 Å². The number of ether oxygens (including phenoxy) is 2. The van der Waals surface area contributed by atoms with Gasteiger partial charge in [-0.1, -0.05) is 24.3 Å². The van der Waals surface area contributed by atoms with Gasteiger partial charge in [0.15, 0.2) is 11.5 Å². The van der Waals surface area contributed by atoms with Crippen molar-refractivity contribution < 1.29 is 14.3 Å². The first-order valence-electron chi connectivity index (χ1n) is 8.28. The maximum absolute atomic E-state index is 12.7. The number of benzene rings is 3. The minimum atomic E-state index is -0.167. The minimum absolute atomic E-state index is 0.167. The summed E-state index contributed by atoms with van der Waals surface area (Å²) in [4.78, 5) is 12.7. The molecule has 0 bridgehead atoms. The van der Waals surface area contributed by atoms with Gasteiger partial charge in [-0.05, 0) is 53.6 Å². The van der Waals surface area contributed by atoms with E-state index < -0.39 is 0 Å². The molecule has 1 aliphatic rings. The van der Waals surface area contributed by atoms with Gasteiger partial charge in [-0.2, -0.15) is 0 Å². The van der Waals surface area contributed by atoms with E-state index >= 15 is 0 Å². The lowest BCUT2D eigenvalue weighted by atomic mass is 10.0. The van der Waals surface area contributed by atoms with Gasteiger partial charge in [0.1, 0.15) is 0 Å². The van der Waals surface area contributed by atoms with Crippen molar-refractivity contribution in [3.63, 3.8) is 0 Å². The van der Waals surface area contributed by atoms with Crippen LogP contribution in [0.25, 0.3) is 10.8 Å². The fraction of sp³-hybridized carbons (Fsp3) is 0.190. The molecule has 1 aliphatic carbocycles. The summed E-state index contributed by atoms with van der Waals surface area (Å²) in [5, 5.41) is 5.42. The molecule has 0 fully saturated rings. The number of carbonyl (C=O) groups excluding carboxylic acids is 1. The zero-order valence-corrected chi connectivity index (χ0v) is 14.3. The predicted molar refractivity (Wildman–Crippen MR) is 98.9 cm³/mol. The number of hydrogen-bond donors (Lipinski definition) is 1. The van der Waals surface area contributed by atoms with Crippen LogP contribution in [0.5, 0.6) is 11.5 Å². The maximum atomic E-state index is 12.7. The fourth-order valence-electron chi connectivity index (χ4n) is 3.53. The van der Waals surface area contributed by atoms with E-state index in [2.05, 4.69) is 29.6 Å². The van der Waals surface area contributed by atoms with E-state index in [9.17, 15) is 4.79 Å². The normalized spacial score (nSPS) is 12.2. The van der Waals surface area contributed by atoms with Crippen molar-refractivity contribution in [3.05, 3.63) is 65.2 Å². The molecule has 0 unspecified atom stereocenters. The smallest absolute Gasteiger partial charge is 0.255 e. The number of amides is 1. The molecule has 4 nitrogen and oxygen atoms in total. The van der Waals surface area contributed by atoms with E-state index in [1.165, 1.54) is 16.5 Å². The van der Waals surface area contributed by atoms with Gasteiger partial charge in [-0.15, -0.1) is 0 Å². The topological polar surface area (TPSA) is 47.6 Å². The third-order valence-corrected chi connectivity index (χ3v) is 4.77. The average molecular weight is 333 g/mol. The SMILES string of the molecule is COc1ccc(C(=O)Nc2ccc3c4c(cccc24)CC3)cc1OC. The molecule has 3 aromatic rings. The monoisotopic (exact) mass is 333 g/mol. The van der Waals surface area contributed by atoms with Crippen LogP contribution in [0.15, 0.2) is 48.5 Å². The highest BCUT2D eigenvalue weighted by molar-refractivity contribution is 6.10. The lowest BCUT2D eigenvalue weighted by Gasteiger charge is -2.12. The molecule has 0 aliphatic heterocycles. The molecule has 1 N–H and O–H groups in total. The summed E-state index contributed by atoms with van der Waals surface area (Å²) in [7, 11) is 3.13. The van der Waals surface area contributed by atoms with Gasteiger partial charge in [0, 0.05) is 16.6 Å². The van der Waals surface area contributed by atoms with E-state index in [4.69, 9.17) is 9.47 Å². The average Bonchev–Trinajstić information content (AvgIpc) is 3.08. The molecule has 0 heterocycles. The highest BCUT2D eigenvalue weighted by atomic mass is 16.5. The Hall–Kier alpha value is -3.01. The molecule has 0 radical (unpaired) electrons. The van der Waals surface area contributed by atoms with Gasteiger partial charge in [0.05, 0.1) is 14.2 Å². The van der Waals surface area contributed by atoms with Crippen LogP contribution in [0.4, 0.5) is 5.69 Å².